The third-order valence-corrected chi connectivity index (χ3v) is 6.35. The van der Waals surface area contributed by atoms with Crippen LogP contribution in [0.3, 0.4) is 0 Å². The average Bonchev–Trinajstić information content (AvgIpc) is 3.02. The first-order valence-corrected chi connectivity index (χ1v) is 9.50. The SMILES string of the molecule is Cc1sc(CNC(C)C)cc1CN1CCC2CCCCC21. The zero-order valence-corrected chi connectivity index (χ0v) is 14.6. The molecule has 1 aromatic rings. The Hall–Kier alpha value is -0.380. The summed E-state index contributed by atoms with van der Waals surface area (Å²) in [4.78, 5) is 5.80. The van der Waals surface area contributed by atoms with Crippen molar-refractivity contribution in [1.29, 1.82) is 0 Å². The molecule has 2 aliphatic rings. The molecule has 2 heterocycles. The van der Waals surface area contributed by atoms with Crippen LogP contribution in [-0.2, 0) is 13.1 Å². The van der Waals surface area contributed by atoms with Crippen LogP contribution < -0.4 is 5.32 Å². The van der Waals surface area contributed by atoms with Crippen molar-refractivity contribution >= 4 is 11.3 Å². The Morgan fingerprint density at radius 2 is 2.10 bits per heavy atom. The lowest BCUT2D eigenvalue weighted by atomic mass is 9.85. The highest BCUT2D eigenvalue weighted by Gasteiger charge is 2.35. The van der Waals surface area contributed by atoms with Crippen LogP contribution >= 0.6 is 11.3 Å². The zero-order chi connectivity index (χ0) is 14.8. The van der Waals surface area contributed by atoms with E-state index in [1.807, 2.05) is 11.3 Å². The smallest absolute Gasteiger partial charge is 0.0302 e. The summed E-state index contributed by atoms with van der Waals surface area (Å²) in [6.07, 6.45) is 7.28. The van der Waals surface area contributed by atoms with Gasteiger partial charge in [0.05, 0.1) is 0 Å². The quantitative estimate of drug-likeness (QED) is 0.871. The van der Waals surface area contributed by atoms with Gasteiger partial charge in [-0.15, -0.1) is 11.3 Å². The average molecular weight is 307 g/mol. The monoisotopic (exact) mass is 306 g/mol. The molecule has 0 bridgehead atoms. The lowest BCUT2D eigenvalue weighted by Crippen LogP contribution is -2.34. The molecular weight excluding hydrogens is 276 g/mol. The molecule has 118 valence electrons. The molecule has 1 aromatic heterocycles. The molecule has 1 aliphatic heterocycles. The van der Waals surface area contributed by atoms with Gasteiger partial charge in [0.2, 0.25) is 0 Å². The van der Waals surface area contributed by atoms with Crippen LogP contribution in [0.5, 0.6) is 0 Å². The first-order valence-electron chi connectivity index (χ1n) is 8.69. The van der Waals surface area contributed by atoms with Gasteiger partial charge in [0.1, 0.15) is 0 Å². The molecule has 2 unspecified atom stereocenters. The molecule has 0 amide bonds. The van der Waals surface area contributed by atoms with Gasteiger partial charge in [-0.2, -0.15) is 0 Å². The molecule has 0 radical (unpaired) electrons. The maximum atomic E-state index is 3.54. The number of rotatable bonds is 5. The van der Waals surface area contributed by atoms with Gasteiger partial charge in [0, 0.05) is 34.9 Å². The van der Waals surface area contributed by atoms with Crippen molar-refractivity contribution in [3.63, 3.8) is 0 Å². The van der Waals surface area contributed by atoms with Crippen molar-refractivity contribution in [2.75, 3.05) is 6.54 Å². The Balaban J connectivity index is 1.62. The second-order valence-electron chi connectivity index (χ2n) is 7.20. The fourth-order valence-corrected chi connectivity index (χ4v) is 5.06. The zero-order valence-electron chi connectivity index (χ0n) is 13.8. The fraction of sp³-hybridized carbons (Fsp3) is 0.778. The van der Waals surface area contributed by atoms with Crippen molar-refractivity contribution in [2.24, 2.45) is 5.92 Å². The number of thiophene rings is 1. The van der Waals surface area contributed by atoms with Gasteiger partial charge in [0.15, 0.2) is 0 Å². The Labute approximate surface area is 133 Å². The normalized spacial score (nSPS) is 26.5. The van der Waals surface area contributed by atoms with Crippen molar-refractivity contribution in [3.8, 4) is 0 Å². The van der Waals surface area contributed by atoms with Gasteiger partial charge >= 0.3 is 0 Å². The van der Waals surface area contributed by atoms with Crippen LogP contribution in [0.25, 0.3) is 0 Å². The van der Waals surface area contributed by atoms with Crippen molar-refractivity contribution in [2.45, 2.75) is 78.0 Å². The van der Waals surface area contributed by atoms with E-state index < -0.39 is 0 Å². The molecule has 3 rings (SSSR count). The first-order chi connectivity index (χ1) is 10.1. The fourth-order valence-electron chi connectivity index (χ4n) is 4.05. The van der Waals surface area contributed by atoms with Crippen LogP contribution in [-0.4, -0.2) is 23.5 Å². The minimum atomic E-state index is 0.567. The van der Waals surface area contributed by atoms with Gasteiger partial charge in [-0.3, -0.25) is 4.90 Å². The number of fused-ring (bicyclic) bond motifs is 1. The number of nitrogens with one attached hydrogen (secondary N) is 1. The molecule has 1 saturated carbocycles. The topological polar surface area (TPSA) is 15.3 Å². The van der Waals surface area contributed by atoms with Crippen LogP contribution in [0, 0.1) is 12.8 Å². The molecule has 0 spiro atoms. The van der Waals surface area contributed by atoms with Gasteiger partial charge in [-0.05, 0) is 50.3 Å². The summed E-state index contributed by atoms with van der Waals surface area (Å²) in [5.41, 5.74) is 1.58. The van der Waals surface area contributed by atoms with Crippen LogP contribution in [0.4, 0.5) is 0 Å². The maximum Gasteiger partial charge on any atom is 0.0302 e. The summed E-state index contributed by atoms with van der Waals surface area (Å²) in [6.45, 7) is 10.3. The number of nitrogens with zero attached hydrogens (tertiary/aromatic N) is 1. The number of hydrogen-bond acceptors (Lipinski definition) is 3. The minimum Gasteiger partial charge on any atom is -0.310 e. The highest BCUT2D eigenvalue weighted by molar-refractivity contribution is 7.12. The van der Waals surface area contributed by atoms with Crippen LogP contribution in [0.1, 0.15) is 61.3 Å². The number of aryl methyl sites for hydroxylation is 1. The lowest BCUT2D eigenvalue weighted by molar-refractivity contribution is 0.176. The Kier molecular flexibility index (Phi) is 5.03. The number of likely N-dealkylation sites (tertiary alicyclic amines) is 1. The van der Waals surface area contributed by atoms with E-state index in [4.69, 9.17) is 0 Å². The summed E-state index contributed by atoms with van der Waals surface area (Å²) in [5, 5.41) is 3.54. The summed E-state index contributed by atoms with van der Waals surface area (Å²) < 4.78 is 0. The molecular formula is C18H30N2S. The Morgan fingerprint density at radius 1 is 1.29 bits per heavy atom. The molecule has 2 fully saturated rings. The summed E-state index contributed by atoms with van der Waals surface area (Å²) in [6, 6.07) is 3.90. The molecule has 2 atom stereocenters. The van der Waals surface area contributed by atoms with Crippen LogP contribution in [0.2, 0.25) is 0 Å². The summed E-state index contributed by atoms with van der Waals surface area (Å²) >= 11 is 1.98. The molecule has 1 saturated heterocycles. The van der Waals surface area contributed by atoms with E-state index in [9.17, 15) is 0 Å². The highest BCUT2D eigenvalue weighted by Crippen LogP contribution is 2.37. The van der Waals surface area contributed by atoms with Crippen LogP contribution in [0.15, 0.2) is 6.07 Å². The van der Waals surface area contributed by atoms with Crippen molar-refractivity contribution in [1.82, 2.24) is 10.2 Å². The van der Waals surface area contributed by atoms with Gasteiger partial charge in [0.25, 0.3) is 0 Å². The third kappa shape index (κ3) is 3.69. The van der Waals surface area contributed by atoms with E-state index >= 15 is 0 Å². The predicted molar refractivity (Wildman–Crippen MR) is 91.8 cm³/mol. The van der Waals surface area contributed by atoms with E-state index in [2.05, 4.69) is 37.1 Å². The molecule has 2 nitrogen and oxygen atoms in total. The van der Waals surface area contributed by atoms with E-state index in [1.165, 1.54) is 54.9 Å². The standard InChI is InChI=1S/C18H30N2S/c1-13(2)19-11-17-10-16(14(3)21-17)12-20-9-8-15-6-4-5-7-18(15)20/h10,13,15,18-19H,4-9,11-12H2,1-3H3. The van der Waals surface area contributed by atoms with Gasteiger partial charge in [-0.1, -0.05) is 26.7 Å². The Bertz CT molecular complexity index is 466. The molecule has 3 heteroatoms. The van der Waals surface area contributed by atoms with E-state index in [1.54, 1.807) is 5.56 Å². The maximum absolute atomic E-state index is 3.54. The summed E-state index contributed by atoms with van der Waals surface area (Å²) in [5.74, 6) is 1.000. The molecule has 1 N–H and O–H groups in total. The predicted octanol–water partition coefficient (Wildman–Crippen LogP) is 4.32. The van der Waals surface area contributed by atoms with Crippen molar-refractivity contribution < 1.29 is 0 Å². The second-order valence-corrected chi connectivity index (χ2v) is 8.54. The van der Waals surface area contributed by atoms with E-state index in [0.717, 1.165) is 18.5 Å². The van der Waals surface area contributed by atoms with Gasteiger partial charge < -0.3 is 5.32 Å². The second kappa shape index (κ2) is 6.80. The molecule has 21 heavy (non-hydrogen) atoms. The summed E-state index contributed by atoms with van der Waals surface area (Å²) in [7, 11) is 0. The largest absolute Gasteiger partial charge is 0.310 e. The van der Waals surface area contributed by atoms with Gasteiger partial charge in [-0.25, -0.2) is 0 Å². The third-order valence-electron chi connectivity index (χ3n) is 5.25. The first kappa shape index (κ1) is 15.5. The Morgan fingerprint density at radius 3 is 2.90 bits per heavy atom. The minimum absolute atomic E-state index is 0.567. The molecule has 0 aromatic carbocycles. The molecule has 1 aliphatic carbocycles. The van der Waals surface area contributed by atoms with E-state index in [0.29, 0.717) is 6.04 Å². The lowest BCUT2D eigenvalue weighted by Gasteiger charge is -2.31. The highest BCUT2D eigenvalue weighted by atomic mass is 32.1. The number of hydrogen-bond donors (Lipinski definition) is 1. The van der Waals surface area contributed by atoms with E-state index in [-0.39, 0.29) is 0 Å². The van der Waals surface area contributed by atoms with Crippen molar-refractivity contribution in [3.05, 3.63) is 21.4 Å².